The number of hydrogen-bond acceptors (Lipinski definition) is 6. The minimum atomic E-state index is -0.396. The number of benzene rings is 2. The number of aromatic nitrogens is 1. The van der Waals surface area contributed by atoms with Crippen molar-refractivity contribution >= 4 is 40.4 Å². The van der Waals surface area contributed by atoms with Crippen LogP contribution in [0, 0.1) is 11.7 Å². The van der Waals surface area contributed by atoms with Crippen molar-refractivity contribution in [3.8, 4) is 11.1 Å². The van der Waals surface area contributed by atoms with Gasteiger partial charge in [-0.3, -0.25) is 19.6 Å². The first-order valence-electron chi connectivity index (χ1n) is 13.7. The first kappa shape index (κ1) is 27.0. The number of nitrogens with zero attached hydrogens (tertiary/aromatic N) is 3. The Bertz CT molecular complexity index is 1570. The number of carbonyl (C=O) groups is 2. The Morgan fingerprint density at radius 1 is 1.05 bits per heavy atom. The van der Waals surface area contributed by atoms with Crippen LogP contribution in [0.25, 0.3) is 16.7 Å². The van der Waals surface area contributed by atoms with Crippen molar-refractivity contribution < 1.29 is 14.0 Å². The molecule has 2 aromatic carbocycles. The summed E-state index contributed by atoms with van der Waals surface area (Å²) in [6.07, 6.45) is 9.68. The first-order valence-corrected chi connectivity index (χ1v) is 14.1. The van der Waals surface area contributed by atoms with E-state index in [9.17, 15) is 14.0 Å². The Labute approximate surface area is 242 Å². The quantitative estimate of drug-likeness (QED) is 0.359. The normalized spacial score (nSPS) is 20.9. The zero-order valence-electron chi connectivity index (χ0n) is 22.5. The topological polar surface area (TPSA) is 89.6 Å². The van der Waals surface area contributed by atoms with Crippen LogP contribution in [0.4, 0.5) is 15.8 Å². The van der Waals surface area contributed by atoms with Gasteiger partial charge in [0.15, 0.2) is 0 Å². The van der Waals surface area contributed by atoms with Gasteiger partial charge in [-0.15, -0.1) is 5.53 Å². The maximum absolute atomic E-state index is 14.3. The molecule has 2 bridgehead atoms. The van der Waals surface area contributed by atoms with E-state index >= 15 is 0 Å². The number of amides is 2. The van der Waals surface area contributed by atoms with Crippen LogP contribution in [0.2, 0.25) is 5.02 Å². The predicted molar refractivity (Wildman–Crippen MR) is 158 cm³/mol. The van der Waals surface area contributed by atoms with E-state index in [0.29, 0.717) is 42.1 Å². The molecule has 0 fully saturated rings. The molecule has 6 rings (SSSR count). The molecule has 0 saturated heterocycles. The van der Waals surface area contributed by atoms with Gasteiger partial charge in [0.05, 0.1) is 17.4 Å². The number of carbonyl (C=O) groups excluding carboxylic acids is 2. The number of halogens is 2. The van der Waals surface area contributed by atoms with E-state index in [1.165, 1.54) is 12.1 Å². The number of nitrogens with one attached hydrogen (secondary N) is 3. The fraction of sp³-hybridized carbons (Fsp3) is 0.258. The number of anilines is 2. The summed E-state index contributed by atoms with van der Waals surface area (Å²) in [6, 6.07) is 13.4. The lowest BCUT2D eigenvalue weighted by Crippen LogP contribution is -2.38. The molecule has 3 N–H and O–H groups in total. The molecule has 210 valence electrons. The summed E-state index contributed by atoms with van der Waals surface area (Å²) in [4.78, 5) is 33.2. The molecule has 0 aliphatic carbocycles. The van der Waals surface area contributed by atoms with Crippen LogP contribution in [-0.4, -0.2) is 28.2 Å². The molecule has 3 aliphatic rings. The number of rotatable bonds is 3. The molecule has 1 aromatic heterocycles. The van der Waals surface area contributed by atoms with Crippen LogP contribution in [0.15, 0.2) is 73.2 Å². The highest BCUT2D eigenvalue weighted by molar-refractivity contribution is 6.31. The van der Waals surface area contributed by atoms with Crippen molar-refractivity contribution in [1.82, 2.24) is 20.8 Å². The van der Waals surface area contributed by atoms with Crippen molar-refractivity contribution in [3.63, 3.8) is 0 Å². The Morgan fingerprint density at radius 3 is 2.73 bits per heavy atom. The van der Waals surface area contributed by atoms with E-state index in [4.69, 9.17) is 11.6 Å². The number of hydrogen-bond donors (Lipinski definition) is 3. The van der Waals surface area contributed by atoms with Gasteiger partial charge in [0.1, 0.15) is 5.82 Å². The van der Waals surface area contributed by atoms with Crippen molar-refractivity contribution in [1.29, 1.82) is 0 Å². The number of hydrazine groups is 2. The molecule has 3 aromatic rings. The maximum atomic E-state index is 14.3. The molecule has 2 atom stereocenters. The molecule has 41 heavy (non-hydrogen) atoms. The molecular weight excluding hydrogens is 543 g/mol. The highest BCUT2D eigenvalue weighted by Crippen LogP contribution is 2.38. The Kier molecular flexibility index (Phi) is 7.47. The van der Waals surface area contributed by atoms with Crippen molar-refractivity contribution in [2.75, 3.05) is 16.9 Å². The van der Waals surface area contributed by atoms with E-state index in [1.54, 1.807) is 30.6 Å². The molecule has 0 spiro atoms. The Morgan fingerprint density at radius 2 is 1.93 bits per heavy atom. The van der Waals surface area contributed by atoms with Crippen LogP contribution >= 0.6 is 11.6 Å². The number of fused-ring (bicyclic) bond motifs is 4. The van der Waals surface area contributed by atoms with Crippen molar-refractivity contribution in [3.05, 3.63) is 95.3 Å². The van der Waals surface area contributed by atoms with Gasteiger partial charge in [0.2, 0.25) is 11.8 Å². The maximum Gasteiger partial charge on any atom is 0.247 e. The summed E-state index contributed by atoms with van der Waals surface area (Å²) in [5, 5.41) is 5.40. The summed E-state index contributed by atoms with van der Waals surface area (Å²) in [6.45, 7) is 2.39. The average Bonchev–Trinajstić information content (AvgIpc) is 3.51. The predicted octanol–water partition coefficient (Wildman–Crippen LogP) is 5.96. The van der Waals surface area contributed by atoms with Crippen LogP contribution in [-0.2, 0) is 9.59 Å². The standard InChI is InChI=1S/C31H30ClFN6O2/c1-19-3-2-4-29(27-15-20(9-11-34-27)24-18-23(33)6-7-26(24)36-31(19)41)38-13-10-21(16-30(38)40)25-17-22(32)5-8-28(25)39-14-12-35-37-39/h5-9,11-12,14-19,29,35,37H,2-4,10,13H2,1H3,(H,36,41)/t19-,29+/m1/s1. The van der Waals surface area contributed by atoms with Gasteiger partial charge in [0, 0.05) is 59.0 Å². The second kappa shape index (κ2) is 11.3. The van der Waals surface area contributed by atoms with Crippen LogP contribution in [0.3, 0.4) is 0 Å². The monoisotopic (exact) mass is 572 g/mol. The van der Waals surface area contributed by atoms with Crippen molar-refractivity contribution in [2.45, 2.75) is 38.6 Å². The van der Waals surface area contributed by atoms with E-state index in [-0.39, 0.29) is 23.8 Å². The molecule has 2 amide bonds. The molecule has 10 heteroatoms. The summed E-state index contributed by atoms with van der Waals surface area (Å²) < 4.78 is 14.3. The second-order valence-corrected chi connectivity index (χ2v) is 11.0. The lowest BCUT2D eigenvalue weighted by atomic mass is 9.92. The van der Waals surface area contributed by atoms with Crippen LogP contribution in [0.5, 0.6) is 0 Å². The zero-order valence-corrected chi connectivity index (χ0v) is 23.3. The molecule has 0 unspecified atom stereocenters. The average molecular weight is 573 g/mol. The minimum Gasteiger partial charge on any atom is -0.330 e. The SMILES string of the molecule is C[C@@H]1CCC[C@H](N2CCC(c3cc(Cl)ccc3N3C=CNN3)=CC2=O)c2cc(ccn2)-c2cc(F)ccc2NC1=O. The van der Waals surface area contributed by atoms with Gasteiger partial charge in [-0.25, -0.2) is 4.39 Å². The van der Waals surface area contributed by atoms with Crippen molar-refractivity contribution in [2.24, 2.45) is 5.92 Å². The molecular formula is C31H30ClFN6O2. The summed E-state index contributed by atoms with van der Waals surface area (Å²) in [5.41, 5.74) is 11.2. The van der Waals surface area contributed by atoms with Gasteiger partial charge in [-0.05, 0) is 78.9 Å². The lowest BCUT2D eigenvalue weighted by Gasteiger charge is -2.35. The Balaban J connectivity index is 1.36. The molecule has 4 heterocycles. The van der Waals surface area contributed by atoms with E-state index in [2.05, 4.69) is 21.3 Å². The molecule has 3 aliphatic heterocycles. The third-order valence-electron chi connectivity index (χ3n) is 7.87. The number of pyridine rings is 1. The highest BCUT2D eigenvalue weighted by atomic mass is 35.5. The second-order valence-electron chi connectivity index (χ2n) is 10.6. The van der Waals surface area contributed by atoms with E-state index < -0.39 is 5.82 Å². The van der Waals surface area contributed by atoms with Crippen LogP contribution < -0.4 is 21.3 Å². The summed E-state index contributed by atoms with van der Waals surface area (Å²) in [7, 11) is 0. The lowest BCUT2D eigenvalue weighted by molar-refractivity contribution is -0.129. The van der Waals surface area contributed by atoms with Gasteiger partial charge in [0.25, 0.3) is 0 Å². The summed E-state index contributed by atoms with van der Waals surface area (Å²) >= 11 is 6.37. The first-order chi connectivity index (χ1) is 19.9. The smallest absolute Gasteiger partial charge is 0.247 e. The molecule has 0 saturated carbocycles. The van der Waals surface area contributed by atoms with Gasteiger partial charge in [-0.2, -0.15) is 0 Å². The van der Waals surface area contributed by atoms with Crippen LogP contribution in [0.1, 0.15) is 49.9 Å². The molecule has 8 nitrogen and oxygen atoms in total. The largest absolute Gasteiger partial charge is 0.330 e. The van der Waals surface area contributed by atoms with Gasteiger partial charge >= 0.3 is 0 Å². The minimum absolute atomic E-state index is 0.109. The van der Waals surface area contributed by atoms with Gasteiger partial charge < -0.3 is 15.6 Å². The third kappa shape index (κ3) is 5.55. The van der Waals surface area contributed by atoms with Gasteiger partial charge in [-0.1, -0.05) is 24.9 Å². The Hall–Kier alpha value is -4.21. The fourth-order valence-corrected chi connectivity index (χ4v) is 5.85. The highest BCUT2D eigenvalue weighted by Gasteiger charge is 2.31. The third-order valence-corrected chi connectivity index (χ3v) is 8.11. The fourth-order valence-electron chi connectivity index (χ4n) is 5.68. The zero-order chi connectivity index (χ0) is 28.5. The van der Waals surface area contributed by atoms with E-state index in [0.717, 1.165) is 34.5 Å². The van der Waals surface area contributed by atoms with E-state index in [1.807, 2.05) is 47.3 Å². The summed E-state index contributed by atoms with van der Waals surface area (Å²) in [5.74, 6) is -0.859. The molecule has 0 radical (unpaired) electrons.